The van der Waals surface area contributed by atoms with Gasteiger partial charge in [-0.25, -0.2) is 0 Å². The number of hydrogen-bond donors (Lipinski definition) is 1. The Balaban J connectivity index is 2.39. The van der Waals surface area contributed by atoms with E-state index in [1.807, 2.05) is 18.9 Å². The zero-order valence-electron chi connectivity index (χ0n) is 12.1. The minimum absolute atomic E-state index is 0.183. The molecule has 0 fully saturated rings. The number of halogens is 1. The van der Waals surface area contributed by atoms with E-state index in [4.69, 9.17) is 11.6 Å². The second-order valence-corrected chi connectivity index (χ2v) is 4.95. The number of rotatable bonds is 4. The fourth-order valence-corrected chi connectivity index (χ4v) is 2.17. The Morgan fingerprint density at radius 2 is 1.95 bits per heavy atom. The molecule has 106 valence electrons. The lowest BCUT2D eigenvalue weighted by molar-refractivity contribution is 0.970. The molecule has 0 atom stereocenters. The molecule has 1 heterocycles. The van der Waals surface area contributed by atoms with Gasteiger partial charge in [0.1, 0.15) is 0 Å². The fourth-order valence-electron chi connectivity index (χ4n) is 2.02. The van der Waals surface area contributed by atoms with Crippen LogP contribution in [0.15, 0.2) is 18.2 Å². The van der Waals surface area contributed by atoms with Crippen LogP contribution in [0.4, 0.5) is 17.6 Å². The van der Waals surface area contributed by atoms with Crippen LogP contribution in [0.5, 0.6) is 0 Å². The van der Waals surface area contributed by atoms with Crippen LogP contribution in [0.1, 0.15) is 18.1 Å². The van der Waals surface area contributed by atoms with Crippen molar-refractivity contribution in [1.82, 2.24) is 15.0 Å². The number of hydrogen-bond acceptors (Lipinski definition) is 5. The maximum Gasteiger partial charge on any atom is 0.235 e. The van der Waals surface area contributed by atoms with Crippen molar-refractivity contribution < 1.29 is 0 Å². The number of benzene rings is 1. The molecule has 1 N–H and O–H groups in total. The molecule has 6 heteroatoms. The van der Waals surface area contributed by atoms with E-state index in [1.54, 1.807) is 0 Å². The van der Waals surface area contributed by atoms with Crippen molar-refractivity contribution in [2.45, 2.75) is 20.8 Å². The molecule has 1 aromatic heterocycles. The van der Waals surface area contributed by atoms with E-state index < -0.39 is 0 Å². The molecule has 0 aliphatic heterocycles. The van der Waals surface area contributed by atoms with E-state index in [0.717, 1.165) is 17.8 Å². The van der Waals surface area contributed by atoms with Gasteiger partial charge >= 0.3 is 0 Å². The third kappa shape index (κ3) is 3.17. The van der Waals surface area contributed by atoms with Gasteiger partial charge in [0.15, 0.2) is 0 Å². The minimum Gasteiger partial charge on any atom is -0.354 e. The Kier molecular flexibility index (Phi) is 4.39. The van der Waals surface area contributed by atoms with E-state index >= 15 is 0 Å². The molecule has 0 aliphatic carbocycles. The van der Waals surface area contributed by atoms with Crippen molar-refractivity contribution in [3.05, 3.63) is 34.6 Å². The molecule has 20 heavy (non-hydrogen) atoms. The predicted molar refractivity (Wildman–Crippen MR) is 83.0 cm³/mol. The maximum atomic E-state index is 5.95. The Labute approximate surface area is 124 Å². The van der Waals surface area contributed by atoms with Crippen molar-refractivity contribution in [2.75, 3.05) is 23.8 Å². The van der Waals surface area contributed by atoms with Crippen LogP contribution in [0.25, 0.3) is 0 Å². The molecular weight excluding hydrogens is 274 g/mol. The monoisotopic (exact) mass is 291 g/mol. The van der Waals surface area contributed by atoms with Gasteiger partial charge in [-0.05, 0) is 44.0 Å². The summed E-state index contributed by atoms with van der Waals surface area (Å²) in [6, 6.07) is 6.24. The highest BCUT2D eigenvalue weighted by Gasteiger charge is 2.12. The Hall–Kier alpha value is -1.88. The van der Waals surface area contributed by atoms with E-state index in [0.29, 0.717) is 11.9 Å². The molecule has 0 spiro atoms. The van der Waals surface area contributed by atoms with Crippen molar-refractivity contribution in [2.24, 2.45) is 0 Å². The summed E-state index contributed by atoms with van der Waals surface area (Å²) in [6.07, 6.45) is 0. The lowest BCUT2D eigenvalue weighted by Crippen LogP contribution is -2.16. The molecule has 0 unspecified atom stereocenters. The number of aromatic nitrogens is 3. The third-order valence-electron chi connectivity index (χ3n) is 2.94. The molecule has 2 rings (SSSR count). The summed E-state index contributed by atoms with van der Waals surface area (Å²) in [6.45, 7) is 6.84. The van der Waals surface area contributed by atoms with Crippen LogP contribution < -0.4 is 10.2 Å². The fraction of sp³-hybridized carbons (Fsp3) is 0.357. The molecule has 0 radical (unpaired) electrons. The van der Waals surface area contributed by atoms with Crippen molar-refractivity contribution in [3.63, 3.8) is 0 Å². The molecule has 0 saturated heterocycles. The van der Waals surface area contributed by atoms with E-state index in [1.165, 1.54) is 5.56 Å². The summed E-state index contributed by atoms with van der Waals surface area (Å²) in [5.74, 6) is 1.01. The van der Waals surface area contributed by atoms with E-state index in [2.05, 4.69) is 52.3 Å². The first-order valence-corrected chi connectivity index (χ1v) is 6.85. The summed E-state index contributed by atoms with van der Waals surface area (Å²) in [5, 5.41) is 3.23. The zero-order valence-corrected chi connectivity index (χ0v) is 12.9. The summed E-state index contributed by atoms with van der Waals surface area (Å²) in [7, 11) is 1.92. The average molecular weight is 292 g/mol. The van der Waals surface area contributed by atoms with E-state index in [-0.39, 0.29) is 5.28 Å². The molecule has 0 aliphatic rings. The Bertz CT molecular complexity index is 615. The predicted octanol–water partition coefficient (Wildman–Crippen LogP) is 3.34. The van der Waals surface area contributed by atoms with Crippen LogP contribution in [-0.2, 0) is 0 Å². The number of aryl methyl sites for hydroxylation is 2. The first-order valence-electron chi connectivity index (χ1n) is 6.47. The van der Waals surface area contributed by atoms with Gasteiger partial charge in [0.25, 0.3) is 0 Å². The largest absolute Gasteiger partial charge is 0.354 e. The third-order valence-corrected chi connectivity index (χ3v) is 3.11. The number of nitrogens with one attached hydrogen (secondary N) is 1. The Morgan fingerprint density at radius 3 is 2.60 bits per heavy atom. The summed E-state index contributed by atoms with van der Waals surface area (Å²) < 4.78 is 0. The zero-order chi connectivity index (χ0) is 14.7. The molecular formula is C14H18ClN5. The van der Waals surface area contributed by atoms with Crippen molar-refractivity contribution in [1.29, 1.82) is 0 Å². The first kappa shape index (κ1) is 14.5. The van der Waals surface area contributed by atoms with Gasteiger partial charge in [-0.1, -0.05) is 17.7 Å². The van der Waals surface area contributed by atoms with Gasteiger partial charge in [0, 0.05) is 19.3 Å². The van der Waals surface area contributed by atoms with E-state index in [9.17, 15) is 0 Å². The number of anilines is 3. The van der Waals surface area contributed by atoms with Gasteiger partial charge in [-0.2, -0.15) is 15.0 Å². The smallest absolute Gasteiger partial charge is 0.235 e. The summed E-state index contributed by atoms with van der Waals surface area (Å²) in [4.78, 5) is 14.5. The molecule has 2 aromatic rings. The van der Waals surface area contributed by atoms with Gasteiger partial charge in [0.2, 0.25) is 17.2 Å². The SMILES string of the molecule is CCNc1nc(Cl)nc(N(C)c2ccc(C)cc2C)n1. The van der Waals surface area contributed by atoms with Crippen LogP contribution in [0, 0.1) is 13.8 Å². The summed E-state index contributed by atoms with van der Waals surface area (Å²) >= 11 is 5.95. The first-order chi connectivity index (χ1) is 9.51. The molecule has 1 aromatic carbocycles. The molecule has 5 nitrogen and oxygen atoms in total. The second-order valence-electron chi connectivity index (χ2n) is 4.61. The standard InChI is InChI=1S/C14H18ClN5/c1-5-16-13-17-12(15)18-14(19-13)20(4)11-7-6-9(2)8-10(11)3/h6-8H,5H2,1-4H3,(H,16,17,18,19). The Morgan fingerprint density at radius 1 is 1.20 bits per heavy atom. The second kappa shape index (κ2) is 6.05. The lowest BCUT2D eigenvalue weighted by Gasteiger charge is -2.20. The highest BCUT2D eigenvalue weighted by Crippen LogP contribution is 2.26. The van der Waals surface area contributed by atoms with Gasteiger partial charge < -0.3 is 10.2 Å². The van der Waals surface area contributed by atoms with Crippen LogP contribution in [0.3, 0.4) is 0 Å². The number of nitrogens with zero attached hydrogens (tertiary/aromatic N) is 4. The highest BCUT2D eigenvalue weighted by atomic mass is 35.5. The summed E-state index contributed by atoms with van der Waals surface area (Å²) in [5.41, 5.74) is 3.43. The van der Waals surface area contributed by atoms with Crippen molar-refractivity contribution >= 4 is 29.2 Å². The maximum absolute atomic E-state index is 5.95. The molecule has 0 saturated carbocycles. The molecule has 0 amide bonds. The van der Waals surface area contributed by atoms with Gasteiger partial charge in [-0.3, -0.25) is 0 Å². The van der Waals surface area contributed by atoms with Gasteiger partial charge in [-0.15, -0.1) is 0 Å². The van der Waals surface area contributed by atoms with Crippen molar-refractivity contribution in [3.8, 4) is 0 Å². The quantitative estimate of drug-likeness (QED) is 0.936. The highest BCUT2D eigenvalue weighted by molar-refractivity contribution is 6.28. The minimum atomic E-state index is 0.183. The van der Waals surface area contributed by atoms with Gasteiger partial charge in [0.05, 0.1) is 0 Å². The topological polar surface area (TPSA) is 53.9 Å². The van der Waals surface area contributed by atoms with Crippen LogP contribution in [-0.4, -0.2) is 28.5 Å². The normalized spacial score (nSPS) is 10.4. The van der Waals surface area contributed by atoms with Crippen LogP contribution >= 0.6 is 11.6 Å². The lowest BCUT2D eigenvalue weighted by atomic mass is 10.1. The molecule has 0 bridgehead atoms. The van der Waals surface area contributed by atoms with Crippen LogP contribution in [0.2, 0.25) is 5.28 Å². The average Bonchev–Trinajstić information content (AvgIpc) is 2.37.